The maximum absolute atomic E-state index is 5.46. The van der Waals surface area contributed by atoms with Crippen molar-refractivity contribution in [1.29, 1.82) is 0 Å². The zero-order valence-corrected chi connectivity index (χ0v) is 11.5. The molecule has 1 saturated carbocycles. The van der Waals surface area contributed by atoms with Crippen LogP contribution in [-0.4, -0.2) is 55.6 Å². The van der Waals surface area contributed by atoms with Crippen molar-refractivity contribution in [2.24, 2.45) is 0 Å². The van der Waals surface area contributed by atoms with Gasteiger partial charge in [-0.2, -0.15) is 0 Å². The molecule has 1 saturated heterocycles. The van der Waals surface area contributed by atoms with Crippen molar-refractivity contribution in [3.05, 3.63) is 0 Å². The summed E-state index contributed by atoms with van der Waals surface area (Å²) in [5.74, 6) is 0. The fourth-order valence-electron chi connectivity index (χ4n) is 2.70. The minimum Gasteiger partial charge on any atom is -0.377 e. The third kappa shape index (κ3) is 3.09. The summed E-state index contributed by atoms with van der Waals surface area (Å²) in [6.45, 7) is 1.65. The summed E-state index contributed by atoms with van der Waals surface area (Å²) in [5.41, 5.74) is 0. The lowest BCUT2D eigenvalue weighted by Crippen LogP contribution is -2.43. The van der Waals surface area contributed by atoms with Crippen molar-refractivity contribution in [1.82, 2.24) is 10.2 Å². The van der Waals surface area contributed by atoms with E-state index in [0.29, 0.717) is 6.04 Å². The maximum atomic E-state index is 5.46. The summed E-state index contributed by atoms with van der Waals surface area (Å²) in [6, 6.07) is 0.574. The van der Waals surface area contributed by atoms with Crippen molar-refractivity contribution < 1.29 is 9.47 Å². The van der Waals surface area contributed by atoms with Gasteiger partial charge in [-0.15, -0.1) is 0 Å². The molecular formula is C12H22N2O2S. The number of methoxy groups -OCH3 is 2. The predicted molar refractivity (Wildman–Crippen MR) is 71.2 cm³/mol. The average molecular weight is 258 g/mol. The van der Waals surface area contributed by atoms with E-state index in [2.05, 4.69) is 10.2 Å². The number of hydrogen-bond donors (Lipinski definition) is 1. The molecule has 0 bridgehead atoms. The summed E-state index contributed by atoms with van der Waals surface area (Å²) in [6.07, 6.45) is 5.39. The van der Waals surface area contributed by atoms with Crippen LogP contribution in [0.5, 0.6) is 0 Å². The molecule has 17 heavy (non-hydrogen) atoms. The quantitative estimate of drug-likeness (QED) is 0.768. The second-order valence-electron chi connectivity index (χ2n) is 4.88. The summed E-state index contributed by atoms with van der Waals surface area (Å²) >= 11 is 5.46. The van der Waals surface area contributed by atoms with Crippen LogP contribution in [0.1, 0.15) is 25.7 Å². The highest BCUT2D eigenvalue weighted by Crippen LogP contribution is 2.20. The van der Waals surface area contributed by atoms with Crippen LogP contribution in [0.25, 0.3) is 0 Å². The molecule has 0 amide bonds. The second-order valence-corrected chi connectivity index (χ2v) is 5.27. The van der Waals surface area contributed by atoms with Gasteiger partial charge in [0.2, 0.25) is 0 Å². The monoisotopic (exact) mass is 258 g/mol. The van der Waals surface area contributed by atoms with Gasteiger partial charge in [0, 0.05) is 33.4 Å². The minimum atomic E-state index is 0.128. The van der Waals surface area contributed by atoms with Crippen LogP contribution in [0.15, 0.2) is 0 Å². The van der Waals surface area contributed by atoms with Gasteiger partial charge in [-0.3, -0.25) is 0 Å². The van der Waals surface area contributed by atoms with Crippen LogP contribution >= 0.6 is 12.2 Å². The molecule has 2 unspecified atom stereocenters. The molecule has 0 aromatic heterocycles. The summed E-state index contributed by atoms with van der Waals surface area (Å²) in [4.78, 5) is 2.16. The molecule has 0 aromatic carbocycles. The molecule has 1 N–H and O–H groups in total. The molecule has 2 atom stereocenters. The van der Waals surface area contributed by atoms with Crippen molar-refractivity contribution in [3.63, 3.8) is 0 Å². The van der Waals surface area contributed by atoms with Crippen molar-refractivity contribution in [2.45, 2.75) is 43.9 Å². The molecule has 1 aliphatic heterocycles. The first-order valence-electron chi connectivity index (χ1n) is 6.35. The molecule has 1 heterocycles. The van der Waals surface area contributed by atoms with E-state index in [9.17, 15) is 0 Å². The van der Waals surface area contributed by atoms with Gasteiger partial charge in [0.15, 0.2) is 5.11 Å². The molecule has 4 nitrogen and oxygen atoms in total. The molecule has 2 aliphatic rings. The van der Waals surface area contributed by atoms with Crippen LogP contribution in [-0.2, 0) is 9.47 Å². The van der Waals surface area contributed by atoms with E-state index < -0.39 is 0 Å². The Morgan fingerprint density at radius 2 is 1.65 bits per heavy atom. The lowest BCUT2D eigenvalue weighted by molar-refractivity contribution is -0.00461. The number of hydrogen-bond acceptors (Lipinski definition) is 3. The van der Waals surface area contributed by atoms with Crippen LogP contribution < -0.4 is 5.32 Å². The van der Waals surface area contributed by atoms with Crippen molar-refractivity contribution in [2.75, 3.05) is 27.3 Å². The summed E-state index contributed by atoms with van der Waals surface area (Å²) in [7, 11) is 3.46. The number of likely N-dealkylation sites (tertiary alicyclic amines) is 1. The van der Waals surface area contributed by atoms with Crippen molar-refractivity contribution in [3.8, 4) is 0 Å². The minimum absolute atomic E-state index is 0.128. The van der Waals surface area contributed by atoms with Crippen molar-refractivity contribution >= 4 is 17.3 Å². The van der Waals surface area contributed by atoms with Gasteiger partial charge in [0.1, 0.15) is 12.2 Å². The van der Waals surface area contributed by atoms with E-state index in [4.69, 9.17) is 21.7 Å². The fraction of sp³-hybridized carbons (Fsp3) is 0.917. The Kier molecular flexibility index (Phi) is 4.59. The highest BCUT2D eigenvalue weighted by Gasteiger charge is 2.34. The third-order valence-corrected chi connectivity index (χ3v) is 4.17. The van der Waals surface area contributed by atoms with Gasteiger partial charge in [0.05, 0.1) is 0 Å². The van der Waals surface area contributed by atoms with Crippen LogP contribution in [0.2, 0.25) is 0 Å². The fourth-order valence-corrected chi connectivity index (χ4v) is 3.01. The Labute approximate surface area is 109 Å². The van der Waals surface area contributed by atoms with E-state index in [1.165, 1.54) is 25.7 Å². The van der Waals surface area contributed by atoms with E-state index in [-0.39, 0.29) is 12.2 Å². The molecule has 0 aromatic rings. The standard InChI is InChI=1S/C12H22N2O2S/c1-15-10-7-14(8-11(10)16-2)12(17)13-9-5-3-4-6-9/h9-11H,3-8H2,1-2H3,(H,13,17). The molecule has 1 aliphatic carbocycles. The lowest BCUT2D eigenvalue weighted by Gasteiger charge is -2.23. The zero-order valence-electron chi connectivity index (χ0n) is 10.6. The van der Waals surface area contributed by atoms with Crippen LogP contribution in [0, 0.1) is 0 Å². The molecule has 5 heteroatoms. The average Bonchev–Trinajstić information content (AvgIpc) is 2.96. The Morgan fingerprint density at radius 1 is 1.12 bits per heavy atom. The Hall–Kier alpha value is -0.390. The summed E-state index contributed by atoms with van der Waals surface area (Å²) < 4.78 is 10.8. The molecule has 0 radical (unpaired) electrons. The van der Waals surface area contributed by atoms with E-state index in [1.54, 1.807) is 14.2 Å². The predicted octanol–water partition coefficient (Wildman–Crippen LogP) is 1.15. The third-order valence-electron chi connectivity index (χ3n) is 3.79. The van der Waals surface area contributed by atoms with Gasteiger partial charge < -0.3 is 19.7 Å². The number of ether oxygens (including phenoxy) is 2. The topological polar surface area (TPSA) is 33.7 Å². The first kappa shape index (κ1) is 13.1. The van der Waals surface area contributed by atoms with Crippen LogP contribution in [0.4, 0.5) is 0 Å². The molecule has 2 rings (SSSR count). The molecule has 0 spiro atoms. The number of nitrogens with zero attached hydrogens (tertiary/aromatic N) is 1. The first-order chi connectivity index (χ1) is 8.24. The van der Waals surface area contributed by atoms with Gasteiger partial charge in [-0.1, -0.05) is 12.8 Å². The Bertz CT molecular complexity index is 257. The van der Waals surface area contributed by atoms with E-state index in [0.717, 1.165) is 18.2 Å². The molecular weight excluding hydrogens is 236 g/mol. The van der Waals surface area contributed by atoms with Gasteiger partial charge >= 0.3 is 0 Å². The highest BCUT2D eigenvalue weighted by atomic mass is 32.1. The van der Waals surface area contributed by atoms with Gasteiger partial charge in [0.25, 0.3) is 0 Å². The Morgan fingerprint density at radius 3 is 2.12 bits per heavy atom. The SMILES string of the molecule is COC1CN(C(=S)NC2CCCC2)CC1OC. The second kappa shape index (κ2) is 5.98. The van der Waals surface area contributed by atoms with Gasteiger partial charge in [-0.05, 0) is 25.1 Å². The van der Waals surface area contributed by atoms with E-state index in [1.807, 2.05) is 0 Å². The normalized spacial score (nSPS) is 29.9. The van der Waals surface area contributed by atoms with Gasteiger partial charge in [-0.25, -0.2) is 0 Å². The smallest absolute Gasteiger partial charge is 0.169 e. The maximum Gasteiger partial charge on any atom is 0.169 e. The zero-order chi connectivity index (χ0) is 12.3. The highest BCUT2D eigenvalue weighted by molar-refractivity contribution is 7.80. The summed E-state index contributed by atoms with van der Waals surface area (Å²) in [5, 5.41) is 4.32. The first-order valence-corrected chi connectivity index (χ1v) is 6.76. The number of nitrogens with one attached hydrogen (secondary N) is 1. The van der Waals surface area contributed by atoms with Crippen LogP contribution in [0.3, 0.4) is 0 Å². The Balaban J connectivity index is 1.83. The molecule has 2 fully saturated rings. The largest absolute Gasteiger partial charge is 0.377 e. The lowest BCUT2D eigenvalue weighted by atomic mass is 10.2. The number of rotatable bonds is 3. The number of thiocarbonyl (C=S) groups is 1. The van der Waals surface area contributed by atoms with E-state index >= 15 is 0 Å². The molecule has 98 valence electrons.